The maximum absolute atomic E-state index is 13.2. The summed E-state index contributed by atoms with van der Waals surface area (Å²) < 4.78 is 5.90. The summed E-state index contributed by atoms with van der Waals surface area (Å²) in [6.45, 7) is 2.81. The normalized spacial score (nSPS) is 11.5. The number of amides is 1. The minimum Gasteiger partial charge on any atom is -1.00 e. The number of nitrogens with one attached hydrogen (secondary N) is 1. The molecular weight excluding hydrogens is 524 g/mol. The number of carboxylic acid groups (broad SMARTS) is 1. The second-order valence-corrected chi connectivity index (χ2v) is 10.2. The molecule has 0 fully saturated rings. The number of carbonyl (C=O) groups is 2. The molecule has 3 aromatic rings. The minimum absolute atomic E-state index is 0. The molecule has 0 saturated carbocycles. The Kier molecular flexibility index (Phi) is 13.1. The number of carbonyl (C=O) groups excluding carboxylic acids is 1. The number of aliphatic carboxylic acids is 1. The first-order chi connectivity index (χ1) is 17.3. The van der Waals surface area contributed by atoms with Gasteiger partial charge in [-0.2, -0.15) is 11.8 Å². The smallest absolute Gasteiger partial charge is 1.00 e. The van der Waals surface area contributed by atoms with Crippen LogP contribution in [0.2, 0.25) is 10.0 Å². The number of hydrogen-bond acceptors (Lipinski definition) is 4. The van der Waals surface area contributed by atoms with Gasteiger partial charge in [0.1, 0.15) is 6.04 Å². The fourth-order valence-corrected chi connectivity index (χ4v) is 4.78. The molecule has 1 unspecified atom stereocenters. The number of carboxylic acids is 1. The number of thioether (sulfide) groups is 1. The van der Waals surface area contributed by atoms with Gasteiger partial charge in [0.2, 0.25) is 0 Å². The Balaban J connectivity index is 0.00000361. The third-order valence-electron chi connectivity index (χ3n) is 5.78. The molecule has 0 aliphatic carbocycles. The predicted molar refractivity (Wildman–Crippen MR) is 149 cm³/mol. The van der Waals surface area contributed by atoms with Crippen molar-refractivity contribution in [2.45, 2.75) is 32.4 Å². The third kappa shape index (κ3) is 9.10. The molecule has 3 aromatic carbocycles. The van der Waals surface area contributed by atoms with Crippen LogP contribution in [-0.4, -0.2) is 41.6 Å². The molecule has 3 rings (SSSR count). The third-order valence-corrected chi connectivity index (χ3v) is 7.01. The molecular formula is C28H30Cl2LiNO4S. The molecule has 0 aromatic heterocycles. The Morgan fingerprint density at radius 3 is 2.51 bits per heavy atom. The zero-order valence-electron chi connectivity index (χ0n) is 22.2. The van der Waals surface area contributed by atoms with E-state index in [1.54, 1.807) is 30.0 Å². The molecule has 0 heterocycles. The van der Waals surface area contributed by atoms with Crippen molar-refractivity contribution in [3.63, 3.8) is 0 Å². The Hall–Kier alpha value is -1.91. The number of hydrogen-bond donors (Lipinski definition) is 2. The first-order valence-electron chi connectivity index (χ1n) is 11.5. The summed E-state index contributed by atoms with van der Waals surface area (Å²) in [5, 5.41) is 13.4. The van der Waals surface area contributed by atoms with E-state index < -0.39 is 17.9 Å². The van der Waals surface area contributed by atoms with Crippen molar-refractivity contribution in [2.24, 2.45) is 0 Å². The first kappa shape index (κ1) is 31.3. The standard InChI is InChI=1S/C28H29Cl2NO4S.Li.H/c1-18-5-3-4-6-22(18)24-15-19(17-35-13-11-20-8-9-21(29)16-25(20)30)7-10-23(24)27(32)31-26(28(33)34)12-14-36-2;;/h3-10,15-16,26H,11-14,17H2,1-2H3,(H,31,32)(H,33,34);;/q;+1;-1. The fraction of sp³-hybridized carbons (Fsp3) is 0.286. The number of benzene rings is 3. The van der Waals surface area contributed by atoms with E-state index in [4.69, 9.17) is 27.9 Å². The maximum Gasteiger partial charge on any atom is 1.00 e. The Morgan fingerprint density at radius 1 is 1.08 bits per heavy atom. The zero-order chi connectivity index (χ0) is 26.1. The summed E-state index contributed by atoms with van der Waals surface area (Å²) in [6, 6.07) is 17.8. The molecule has 37 heavy (non-hydrogen) atoms. The number of aryl methyl sites for hydroxylation is 1. The van der Waals surface area contributed by atoms with Crippen molar-refractivity contribution in [1.82, 2.24) is 5.32 Å². The van der Waals surface area contributed by atoms with Crippen LogP contribution >= 0.6 is 35.0 Å². The topological polar surface area (TPSA) is 75.6 Å². The summed E-state index contributed by atoms with van der Waals surface area (Å²) in [7, 11) is 0. The van der Waals surface area contributed by atoms with Gasteiger partial charge >= 0.3 is 24.8 Å². The quantitative estimate of drug-likeness (QED) is 0.264. The molecule has 9 heteroatoms. The molecule has 2 N–H and O–H groups in total. The Morgan fingerprint density at radius 2 is 1.84 bits per heavy atom. The van der Waals surface area contributed by atoms with Crippen molar-refractivity contribution in [2.75, 3.05) is 18.6 Å². The summed E-state index contributed by atoms with van der Waals surface area (Å²) in [5.74, 6) is -0.813. The number of rotatable bonds is 12. The Labute approximate surface area is 245 Å². The average molecular weight is 554 g/mol. The summed E-state index contributed by atoms with van der Waals surface area (Å²) >= 11 is 13.7. The van der Waals surface area contributed by atoms with Gasteiger partial charge in [-0.3, -0.25) is 4.79 Å². The van der Waals surface area contributed by atoms with Gasteiger partial charge in [-0.15, -0.1) is 0 Å². The van der Waals surface area contributed by atoms with Crippen LogP contribution in [-0.2, 0) is 22.6 Å². The second kappa shape index (κ2) is 15.5. The monoisotopic (exact) mass is 553 g/mol. The molecule has 0 saturated heterocycles. The summed E-state index contributed by atoms with van der Waals surface area (Å²) in [6.07, 6.45) is 2.90. The van der Waals surface area contributed by atoms with Crippen LogP contribution in [0, 0.1) is 6.92 Å². The Bertz CT molecular complexity index is 1230. The number of ether oxygens (including phenoxy) is 1. The van der Waals surface area contributed by atoms with E-state index in [-0.39, 0.29) is 20.3 Å². The number of halogens is 2. The van der Waals surface area contributed by atoms with E-state index >= 15 is 0 Å². The molecule has 0 aliphatic heterocycles. The van der Waals surface area contributed by atoms with E-state index in [1.165, 1.54) is 0 Å². The first-order valence-corrected chi connectivity index (χ1v) is 13.7. The van der Waals surface area contributed by atoms with Gasteiger partial charge < -0.3 is 16.6 Å². The van der Waals surface area contributed by atoms with E-state index in [1.807, 2.05) is 55.6 Å². The molecule has 0 radical (unpaired) electrons. The van der Waals surface area contributed by atoms with E-state index in [0.29, 0.717) is 47.4 Å². The van der Waals surface area contributed by atoms with Crippen LogP contribution in [0.25, 0.3) is 11.1 Å². The van der Waals surface area contributed by atoms with E-state index in [9.17, 15) is 14.7 Å². The largest absolute Gasteiger partial charge is 1.00 e. The molecule has 0 bridgehead atoms. The van der Waals surface area contributed by atoms with Gasteiger partial charge in [0.15, 0.2) is 0 Å². The van der Waals surface area contributed by atoms with Crippen molar-refractivity contribution < 1.29 is 39.7 Å². The molecule has 192 valence electrons. The van der Waals surface area contributed by atoms with E-state index in [2.05, 4.69) is 5.32 Å². The summed E-state index contributed by atoms with van der Waals surface area (Å²) in [5.41, 5.74) is 4.96. The molecule has 5 nitrogen and oxygen atoms in total. The van der Waals surface area contributed by atoms with Crippen molar-refractivity contribution in [1.29, 1.82) is 0 Å². The zero-order valence-corrected chi connectivity index (χ0v) is 23.6. The van der Waals surface area contributed by atoms with Gasteiger partial charge in [0, 0.05) is 15.6 Å². The second-order valence-electron chi connectivity index (χ2n) is 8.38. The van der Waals surface area contributed by atoms with Crippen LogP contribution in [0.15, 0.2) is 60.7 Å². The van der Waals surface area contributed by atoms with E-state index in [0.717, 1.165) is 27.8 Å². The van der Waals surface area contributed by atoms with Crippen molar-refractivity contribution in [3.05, 3.63) is 93.0 Å². The molecule has 1 atom stereocenters. The predicted octanol–water partition coefficient (Wildman–Crippen LogP) is 3.78. The van der Waals surface area contributed by atoms with Crippen LogP contribution in [0.4, 0.5) is 0 Å². The van der Waals surface area contributed by atoms with Crippen LogP contribution < -0.4 is 24.2 Å². The maximum atomic E-state index is 13.2. The van der Waals surface area contributed by atoms with Gasteiger partial charge in [0.25, 0.3) is 5.91 Å². The molecule has 1 amide bonds. The van der Waals surface area contributed by atoms with Gasteiger partial charge in [0.05, 0.1) is 13.2 Å². The van der Waals surface area contributed by atoms with Crippen molar-refractivity contribution >= 4 is 46.8 Å². The van der Waals surface area contributed by atoms with Gasteiger partial charge in [-0.25, -0.2) is 4.79 Å². The average Bonchev–Trinajstić information content (AvgIpc) is 2.85. The van der Waals surface area contributed by atoms with Gasteiger partial charge in [-0.05, 0) is 83.9 Å². The summed E-state index contributed by atoms with van der Waals surface area (Å²) in [4.78, 5) is 24.8. The van der Waals surface area contributed by atoms with Crippen molar-refractivity contribution in [3.8, 4) is 11.1 Å². The fourth-order valence-electron chi connectivity index (χ4n) is 3.80. The van der Waals surface area contributed by atoms with Crippen LogP contribution in [0.1, 0.15) is 34.9 Å². The SMILES string of the molecule is CSCCC(NC(=O)c1ccc(COCCc2ccc(Cl)cc2Cl)cc1-c1ccccc1C)C(=O)O.[H-].[Li+]. The minimum atomic E-state index is -1.04. The van der Waals surface area contributed by atoms with Crippen LogP contribution in [0.3, 0.4) is 0 Å². The molecule has 0 aliphatic rings. The van der Waals surface area contributed by atoms with Crippen LogP contribution in [0.5, 0.6) is 0 Å². The molecule has 0 spiro atoms. The van der Waals surface area contributed by atoms with Gasteiger partial charge in [-0.1, -0.05) is 59.6 Å².